The van der Waals surface area contributed by atoms with E-state index in [1.165, 1.54) is 0 Å². The van der Waals surface area contributed by atoms with Crippen molar-refractivity contribution in [1.82, 2.24) is 20.7 Å². The molecule has 140 valence electrons. The molecule has 0 aromatic carbocycles. The van der Waals surface area contributed by atoms with Crippen LogP contribution >= 0.6 is 0 Å². The lowest BCUT2D eigenvalue weighted by Gasteiger charge is -2.14. The van der Waals surface area contributed by atoms with E-state index in [4.69, 9.17) is 4.52 Å². The summed E-state index contributed by atoms with van der Waals surface area (Å²) in [5.41, 5.74) is 1.01. The van der Waals surface area contributed by atoms with Gasteiger partial charge in [0.1, 0.15) is 6.54 Å². The van der Waals surface area contributed by atoms with Crippen LogP contribution in [0.5, 0.6) is 0 Å². The highest BCUT2D eigenvalue weighted by atomic mass is 16.5. The third kappa shape index (κ3) is 5.76. The molecule has 0 atom stereocenters. The summed E-state index contributed by atoms with van der Waals surface area (Å²) < 4.78 is 5.41. The largest absolute Gasteiger partial charge is 0.359 e. The van der Waals surface area contributed by atoms with Gasteiger partial charge < -0.3 is 20.1 Å². The molecule has 7 heteroatoms. The Labute approximate surface area is 150 Å². The topological polar surface area (TPSA) is 82.8 Å². The van der Waals surface area contributed by atoms with Gasteiger partial charge in [0.25, 0.3) is 0 Å². The molecular formula is C18H31N5O2. The molecule has 1 aliphatic heterocycles. The number of aliphatic imine (C=N–C) groups is 1. The second-order valence-corrected chi connectivity index (χ2v) is 6.37. The maximum atomic E-state index is 12.1. The molecule has 0 unspecified atom stereocenters. The Balaban J connectivity index is 1.88. The fourth-order valence-electron chi connectivity index (χ4n) is 3.04. The summed E-state index contributed by atoms with van der Waals surface area (Å²) in [4.78, 5) is 18.4. The fourth-order valence-corrected chi connectivity index (χ4v) is 3.04. The highest BCUT2D eigenvalue weighted by Gasteiger charge is 2.17. The minimum absolute atomic E-state index is 0.0883. The lowest BCUT2D eigenvalue weighted by atomic mass is 9.99. The molecule has 0 saturated carbocycles. The highest BCUT2D eigenvalue weighted by Crippen LogP contribution is 2.22. The fraction of sp³-hybridized carbons (Fsp3) is 0.722. The van der Waals surface area contributed by atoms with Crippen LogP contribution < -0.4 is 10.6 Å². The van der Waals surface area contributed by atoms with E-state index in [1.807, 2.05) is 17.9 Å². The Morgan fingerprint density at radius 3 is 2.64 bits per heavy atom. The van der Waals surface area contributed by atoms with Crippen molar-refractivity contribution < 1.29 is 9.32 Å². The van der Waals surface area contributed by atoms with Crippen LogP contribution in [0.15, 0.2) is 15.6 Å². The van der Waals surface area contributed by atoms with Gasteiger partial charge in [-0.3, -0.25) is 4.79 Å². The van der Waals surface area contributed by atoms with Crippen LogP contribution in [0.3, 0.4) is 0 Å². The molecule has 0 aliphatic carbocycles. The smallest absolute Gasteiger partial charge is 0.244 e. The zero-order valence-corrected chi connectivity index (χ0v) is 15.7. The average Bonchev–Trinajstić information content (AvgIpc) is 3.30. The summed E-state index contributed by atoms with van der Waals surface area (Å²) in [5, 5.41) is 10.5. The van der Waals surface area contributed by atoms with Crippen molar-refractivity contribution in [1.29, 1.82) is 0 Å². The number of likely N-dealkylation sites (tertiary alicyclic amines) is 1. The molecule has 2 heterocycles. The number of amides is 1. The molecule has 1 aromatic heterocycles. The normalized spacial score (nSPS) is 15.0. The lowest BCUT2D eigenvalue weighted by Crippen LogP contribution is -2.38. The number of hydrogen-bond acceptors (Lipinski definition) is 4. The summed E-state index contributed by atoms with van der Waals surface area (Å²) in [5.74, 6) is 1.93. The summed E-state index contributed by atoms with van der Waals surface area (Å²) in [6.07, 6.45) is 4.30. The van der Waals surface area contributed by atoms with Gasteiger partial charge in [-0.2, -0.15) is 0 Å². The number of hydrogen-bond donors (Lipinski definition) is 2. The molecule has 0 bridgehead atoms. The molecule has 1 fully saturated rings. The third-order valence-corrected chi connectivity index (χ3v) is 4.59. The quantitative estimate of drug-likeness (QED) is 0.556. The molecule has 7 nitrogen and oxygen atoms in total. The van der Waals surface area contributed by atoms with E-state index in [9.17, 15) is 4.79 Å². The van der Waals surface area contributed by atoms with Gasteiger partial charge in [-0.15, -0.1) is 0 Å². The monoisotopic (exact) mass is 349 g/mol. The van der Waals surface area contributed by atoms with E-state index in [0.717, 1.165) is 56.8 Å². The van der Waals surface area contributed by atoms with Gasteiger partial charge in [0.05, 0.1) is 12.2 Å². The Hall–Kier alpha value is -2.05. The van der Waals surface area contributed by atoms with E-state index in [-0.39, 0.29) is 12.5 Å². The Kier molecular flexibility index (Phi) is 7.76. The first-order valence-electron chi connectivity index (χ1n) is 9.43. The third-order valence-electron chi connectivity index (χ3n) is 4.59. The minimum atomic E-state index is 0.0883. The Morgan fingerprint density at radius 2 is 2.00 bits per heavy atom. The zero-order chi connectivity index (χ0) is 18.1. The number of aromatic nitrogens is 1. The van der Waals surface area contributed by atoms with Crippen molar-refractivity contribution in [2.24, 2.45) is 4.99 Å². The summed E-state index contributed by atoms with van der Waals surface area (Å²) >= 11 is 0. The van der Waals surface area contributed by atoms with Crippen molar-refractivity contribution >= 4 is 11.9 Å². The first-order chi connectivity index (χ1) is 12.2. The molecule has 1 saturated heterocycles. The number of guanidine groups is 1. The van der Waals surface area contributed by atoms with Gasteiger partial charge >= 0.3 is 0 Å². The number of carbonyl (C=O) groups excluding carboxylic acids is 1. The molecule has 0 spiro atoms. The lowest BCUT2D eigenvalue weighted by molar-refractivity contribution is -0.128. The molecule has 1 amide bonds. The molecule has 25 heavy (non-hydrogen) atoms. The number of rotatable bonds is 8. The van der Waals surface area contributed by atoms with Crippen LogP contribution in [-0.2, 0) is 11.3 Å². The van der Waals surface area contributed by atoms with Crippen molar-refractivity contribution in [2.45, 2.75) is 58.9 Å². The molecule has 2 N–H and O–H groups in total. The predicted molar refractivity (Wildman–Crippen MR) is 98.5 cm³/mol. The van der Waals surface area contributed by atoms with Crippen LogP contribution in [0.25, 0.3) is 0 Å². The maximum absolute atomic E-state index is 12.1. The van der Waals surface area contributed by atoms with Gasteiger partial charge in [-0.05, 0) is 32.6 Å². The zero-order valence-electron chi connectivity index (χ0n) is 15.7. The molecular weight excluding hydrogens is 318 g/mol. The first-order valence-corrected chi connectivity index (χ1v) is 9.43. The van der Waals surface area contributed by atoms with Gasteiger partial charge in [0.15, 0.2) is 11.7 Å². The molecule has 2 rings (SSSR count). The standard InChI is InChI=1S/C18H31N5O2/c1-4-14(5-2)16-11-15(25-22-16)12-20-18(19-6-3)21-13-17(24)23-9-7-8-10-23/h11,14H,4-10,12-13H2,1-3H3,(H2,19,20,21). The van der Waals surface area contributed by atoms with E-state index in [1.54, 1.807) is 0 Å². The van der Waals surface area contributed by atoms with Crippen LogP contribution in [0.4, 0.5) is 0 Å². The first kappa shape index (κ1) is 19.3. The minimum Gasteiger partial charge on any atom is -0.359 e. The maximum Gasteiger partial charge on any atom is 0.244 e. The van der Waals surface area contributed by atoms with Crippen molar-refractivity contribution in [2.75, 3.05) is 26.2 Å². The van der Waals surface area contributed by atoms with E-state index >= 15 is 0 Å². The van der Waals surface area contributed by atoms with E-state index in [0.29, 0.717) is 18.4 Å². The summed E-state index contributed by atoms with van der Waals surface area (Å²) in [7, 11) is 0. The van der Waals surface area contributed by atoms with Crippen molar-refractivity contribution in [3.63, 3.8) is 0 Å². The van der Waals surface area contributed by atoms with Gasteiger partial charge in [0, 0.05) is 31.6 Å². The second-order valence-electron chi connectivity index (χ2n) is 6.37. The molecule has 1 aromatic rings. The van der Waals surface area contributed by atoms with Crippen LogP contribution in [0, 0.1) is 0 Å². The van der Waals surface area contributed by atoms with Crippen LogP contribution in [0.1, 0.15) is 63.8 Å². The second kappa shape index (κ2) is 10.1. The van der Waals surface area contributed by atoms with Gasteiger partial charge in [0.2, 0.25) is 5.91 Å². The summed E-state index contributed by atoms with van der Waals surface area (Å²) in [6.45, 7) is 9.44. The SMILES string of the molecule is CCNC(=NCC(=O)N1CCCC1)NCc1cc(C(CC)CC)no1. The van der Waals surface area contributed by atoms with Crippen LogP contribution in [0.2, 0.25) is 0 Å². The molecule has 1 aliphatic rings. The van der Waals surface area contributed by atoms with Gasteiger partial charge in [-0.1, -0.05) is 19.0 Å². The number of nitrogens with zero attached hydrogens (tertiary/aromatic N) is 3. The highest BCUT2D eigenvalue weighted by molar-refractivity contribution is 5.85. The Morgan fingerprint density at radius 1 is 1.28 bits per heavy atom. The number of carbonyl (C=O) groups is 1. The van der Waals surface area contributed by atoms with E-state index in [2.05, 4.69) is 34.6 Å². The average molecular weight is 349 g/mol. The predicted octanol–water partition coefficient (Wildman–Crippen LogP) is 2.26. The molecule has 0 radical (unpaired) electrons. The van der Waals surface area contributed by atoms with Gasteiger partial charge in [-0.25, -0.2) is 4.99 Å². The Bertz CT molecular complexity index is 560. The van der Waals surface area contributed by atoms with E-state index < -0.39 is 0 Å². The number of nitrogens with one attached hydrogen (secondary N) is 2. The summed E-state index contributed by atoms with van der Waals surface area (Å²) in [6, 6.07) is 2.00. The van der Waals surface area contributed by atoms with Crippen molar-refractivity contribution in [3.8, 4) is 0 Å². The van der Waals surface area contributed by atoms with Crippen LogP contribution in [-0.4, -0.2) is 48.1 Å². The van der Waals surface area contributed by atoms with Crippen molar-refractivity contribution in [3.05, 3.63) is 17.5 Å².